The summed E-state index contributed by atoms with van der Waals surface area (Å²) in [5, 5.41) is 2.70. The molecule has 282 valence electrons. The Morgan fingerprint density at radius 2 is 1.23 bits per heavy atom. The lowest BCUT2D eigenvalue weighted by Gasteiger charge is -2.33. The largest absolute Gasteiger partial charge is 0.453 e. The highest BCUT2D eigenvalue weighted by molar-refractivity contribution is 5.86. The molecule has 3 N–H and O–H groups in total. The van der Waals surface area contributed by atoms with Crippen molar-refractivity contribution in [1.29, 1.82) is 0 Å². The van der Waals surface area contributed by atoms with E-state index in [-0.39, 0.29) is 35.9 Å². The second kappa shape index (κ2) is 16.8. The molecule has 12 heteroatoms. The van der Waals surface area contributed by atoms with E-state index in [0.717, 1.165) is 97.0 Å². The minimum absolute atomic E-state index is 0.0308. The molecule has 4 atom stereocenters. The molecule has 0 saturated carbocycles. The van der Waals surface area contributed by atoms with E-state index in [0.29, 0.717) is 6.54 Å². The van der Waals surface area contributed by atoms with Gasteiger partial charge in [0.05, 0.1) is 49.0 Å². The third-order valence-electron chi connectivity index (χ3n) is 10.9. The molecule has 0 spiro atoms. The normalized spacial score (nSPS) is 18.5. The van der Waals surface area contributed by atoms with Gasteiger partial charge in [0.25, 0.3) is 0 Å². The van der Waals surface area contributed by atoms with Gasteiger partial charge in [0, 0.05) is 13.1 Å². The van der Waals surface area contributed by atoms with Crippen LogP contribution >= 0.6 is 0 Å². The lowest BCUT2D eigenvalue weighted by molar-refractivity contribution is -0.138. The fraction of sp³-hybridized carbons (Fsp3) is 0.488. The maximum absolute atomic E-state index is 13.6. The number of likely N-dealkylation sites (N-methyl/N-ethyl adjacent to an activating group) is 1. The average Bonchev–Trinajstić information content (AvgIpc) is 4.02. The summed E-state index contributed by atoms with van der Waals surface area (Å²) in [5.41, 5.74) is 6.05. The van der Waals surface area contributed by atoms with Crippen LogP contribution in [0.5, 0.6) is 0 Å². The first kappa shape index (κ1) is 37.8. The minimum Gasteiger partial charge on any atom is -0.453 e. The SMILES string of the molecule is CC[C@H](C(=O)N1CCC[C@H]1c1ncc(-c2ccc(-c3ccc(-c4cnc([C@@H]5CCCN5C(=O)[C@@H](NC(=O)OC)C(C)C)[nH]4)cc3)cc2)[nH]1)N(CC)CC. The van der Waals surface area contributed by atoms with Crippen molar-refractivity contribution in [3.05, 3.63) is 72.6 Å². The Hall–Kier alpha value is -4.97. The van der Waals surface area contributed by atoms with Gasteiger partial charge in [-0.25, -0.2) is 14.8 Å². The van der Waals surface area contributed by atoms with E-state index in [4.69, 9.17) is 9.72 Å². The van der Waals surface area contributed by atoms with Crippen LogP contribution in [0.3, 0.4) is 0 Å². The van der Waals surface area contributed by atoms with Crippen molar-refractivity contribution in [2.45, 2.75) is 90.9 Å². The summed E-state index contributed by atoms with van der Waals surface area (Å²) in [6.45, 7) is 13.2. The molecule has 6 rings (SSSR count). The van der Waals surface area contributed by atoms with Crippen molar-refractivity contribution in [3.63, 3.8) is 0 Å². The predicted octanol–water partition coefficient (Wildman–Crippen LogP) is 6.96. The van der Waals surface area contributed by atoms with Crippen LogP contribution in [0.1, 0.15) is 90.5 Å². The van der Waals surface area contributed by atoms with Crippen LogP contribution in [0.25, 0.3) is 33.6 Å². The third kappa shape index (κ3) is 8.02. The van der Waals surface area contributed by atoms with Gasteiger partial charge in [0.15, 0.2) is 0 Å². The number of alkyl carbamates (subject to hydrolysis) is 1. The number of hydrogen-bond acceptors (Lipinski definition) is 7. The fourth-order valence-electron chi connectivity index (χ4n) is 7.94. The quantitative estimate of drug-likeness (QED) is 0.136. The molecule has 53 heavy (non-hydrogen) atoms. The molecule has 0 radical (unpaired) electrons. The predicted molar refractivity (Wildman–Crippen MR) is 206 cm³/mol. The van der Waals surface area contributed by atoms with Gasteiger partial charge in [0.2, 0.25) is 11.8 Å². The summed E-state index contributed by atoms with van der Waals surface area (Å²) < 4.78 is 4.76. The van der Waals surface area contributed by atoms with E-state index in [1.54, 1.807) is 0 Å². The number of H-pyrrole nitrogens is 2. The molecule has 0 unspecified atom stereocenters. The van der Waals surface area contributed by atoms with Crippen LogP contribution < -0.4 is 5.32 Å². The number of hydrogen-bond donors (Lipinski definition) is 3. The molecular formula is C41H54N8O4. The molecule has 4 heterocycles. The molecule has 0 aliphatic carbocycles. The summed E-state index contributed by atoms with van der Waals surface area (Å²) in [6, 6.07) is 15.8. The van der Waals surface area contributed by atoms with Crippen molar-refractivity contribution in [2.24, 2.45) is 5.92 Å². The molecule has 2 aliphatic rings. The monoisotopic (exact) mass is 722 g/mol. The van der Waals surface area contributed by atoms with Gasteiger partial charge in [-0.05, 0) is 73.4 Å². The number of aromatic amines is 2. The Labute approximate surface area is 312 Å². The summed E-state index contributed by atoms with van der Waals surface area (Å²) in [4.78, 5) is 61.6. The first-order chi connectivity index (χ1) is 25.7. The van der Waals surface area contributed by atoms with E-state index in [9.17, 15) is 14.4 Å². The first-order valence-electron chi connectivity index (χ1n) is 19.2. The molecule has 2 fully saturated rings. The Balaban J connectivity index is 1.11. The van der Waals surface area contributed by atoms with Gasteiger partial charge in [-0.2, -0.15) is 0 Å². The molecule has 2 aromatic carbocycles. The topological polar surface area (TPSA) is 140 Å². The molecule has 2 aromatic heterocycles. The van der Waals surface area contributed by atoms with Crippen molar-refractivity contribution in [1.82, 2.24) is 40.0 Å². The summed E-state index contributed by atoms with van der Waals surface area (Å²) in [7, 11) is 1.30. The van der Waals surface area contributed by atoms with Gasteiger partial charge in [0.1, 0.15) is 17.7 Å². The number of amides is 3. The zero-order valence-electron chi connectivity index (χ0n) is 31.9. The second-order valence-corrected chi connectivity index (χ2v) is 14.4. The average molecular weight is 723 g/mol. The number of ether oxygens (including phenoxy) is 1. The van der Waals surface area contributed by atoms with E-state index >= 15 is 0 Å². The van der Waals surface area contributed by atoms with Crippen LogP contribution in [0, 0.1) is 5.92 Å². The first-order valence-corrected chi connectivity index (χ1v) is 19.2. The lowest BCUT2D eigenvalue weighted by atomic mass is 10.0. The number of nitrogens with zero attached hydrogens (tertiary/aromatic N) is 5. The van der Waals surface area contributed by atoms with Crippen molar-refractivity contribution >= 4 is 17.9 Å². The molecule has 0 bridgehead atoms. The Morgan fingerprint density at radius 1 is 0.774 bits per heavy atom. The highest BCUT2D eigenvalue weighted by Crippen LogP contribution is 2.35. The molecular weight excluding hydrogens is 669 g/mol. The van der Waals surface area contributed by atoms with E-state index in [2.05, 4.69) is 94.5 Å². The number of likely N-dealkylation sites (tertiary alicyclic amines) is 2. The number of imidazole rings is 2. The maximum Gasteiger partial charge on any atom is 0.407 e. The zero-order chi connectivity index (χ0) is 37.6. The van der Waals surface area contributed by atoms with Gasteiger partial charge < -0.3 is 29.8 Å². The number of methoxy groups -OCH3 is 1. The lowest BCUT2D eigenvalue weighted by Crippen LogP contribution is -2.51. The van der Waals surface area contributed by atoms with Crippen LogP contribution in [0.4, 0.5) is 4.79 Å². The van der Waals surface area contributed by atoms with E-state index in [1.807, 2.05) is 36.0 Å². The Kier molecular flexibility index (Phi) is 12.0. The number of aromatic nitrogens is 4. The third-order valence-corrected chi connectivity index (χ3v) is 10.9. The molecule has 3 amide bonds. The van der Waals surface area contributed by atoms with Crippen LogP contribution in [0.15, 0.2) is 60.9 Å². The Morgan fingerprint density at radius 3 is 1.64 bits per heavy atom. The van der Waals surface area contributed by atoms with E-state index < -0.39 is 12.1 Å². The molecule has 2 saturated heterocycles. The van der Waals surface area contributed by atoms with Crippen LogP contribution in [0.2, 0.25) is 0 Å². The van der Waals surface area contributed by atoms with Gasteiger partial charge >= 0.3 is 6.09 Å². The molecule has 12 nitrogen and oxygen atoms in total. The second-order valence-electron chi connectivity index (χ2n) is 14.4. The number of benzene rings is 2. The molecule has 4 aromatic rings. The highest BCUT2D eigenvalue weighted by Gasteiger charge is 2.38. The summed E-state index contributed by atoms with van der Waals surface area (Å²) in [5.74, 6) is 1.58. The standard InChI is InChI=1S/C41H54N8O4/c1-7-33(47(8-2)9-3)39(50)48-22-10-12-34(48)37-42-24-31(44-37)29-18-14-27(15-19-29)28-16-20-30(21-17-28)32-25-43-38(45-32)35-13-11-23-49(35)40(51)36(26(4)5)46-41(52)53-6/h14-21,24-26,33-36H,7-13,22-23H2,1-6H3,(H,42,44)(H,43,45)(H,46,52)/t33-,34+,35+,36+/m1/s1. The maximum atomic E-state index is 13.6. The smallest absolute Gasteiger partial charge is 0.407 e. The Bertz CT molecular complexity index is 1850. The van der Waals surface area contributed by atoms with Gasteiger partial charge in [-0.15, -0.1) is 0 Å². The van der Waals surface area contributed by atoms with Gasteiger partial charge in [-0.3, -0.25) is 14.5 Å². The highest BCUT2D eigenvalue weighted by atomic mass is 16.5. The zero-order valence-corrected chi connectivity index (χ0v) is 31.9. The summed E-state index contributed by atoms with van der Waals surface area (Å²) >= 11 is 0. The van der Waals surface area contributed by atoms with Crippen LogP contribution in [-0.2, 0) is 14.3 Å². The summed E-state index contributed by atoms with van der Waals surface area (Å²) in [6.07, 6.45) is 7.43. The van der Waals surface area contributed by atoms with E-state index in [1.165, 1.54) is 7.11 Å². The number of carbonyl (C=O) groups excluding carboxylic acids is 3. The number of rotatable bonds is 13. The van der Waals surface area contributed by atoms with Crippen molar-refractivity contribution in [3.8, 4) is 33.6 Å². The fourth-order valence-corrected chi connectivity index (χ4v) is 7.94. The van der Waals surface area contributed by atoms with Crippen molar-refractivity contribution in [2.75, 3.05) is 33.3 Å². The van der Waals surface area contributed by atoms with Crippen LogP contribution in [-0.4, -0.2) is 97.9 Å². The van der Waals surface area contributed by atoms with Crippen molar-refractivity contribution < 1.29 is 19.1 Å². The molecule has 2 aliphatic heterocycles. The minimum atomic E-state index is -0.674. The van der Waals surface area contributed by atoms with Gasteiger partial charge in [-0.1, -0.05) is 83.1 Å². The number of nitrogens with one attached hydrogen (secondary N) is 3. The number of carbonyl (C=O) groups is 3.